The third kappa shape index (κ3) is 5.23. The number of hydrogen-bond donors (Lipinski definition) is 1. The quantitative estimate of drug-likeness (QED) is 0.415. The summed E-state index contributed by atoms with van der Waals surface area (Å²) >= 11 is 3.54. The molecule has 0 atom stereocenters. The summed E-state index contributed by atoms with van der Waals surface area (Å²) in [6.07, 6.45) is 1.61. The summed E-state index contributed by atoms with van der Waals surface area (Å²) in [4.78, 5) is 12.3. The van der Waals surface area contributed by atoms with Crippen LogP contribution in [0.1, 0.15) is 21.8 Å². The van der Waals surface area contributed by atoms with Crippen LogP contribution in [0.5, 0.6) is 5.75 Å². The van der Waals surface area contributed by atoms with Gasteiger partial charge in [0.1, 0.15) is 10.8 Å². The summed E-state index contributed by atoms with van der Waals surface area (Å²) in [5.74, 6) is 0.699. The van der Waals surface area contributed by atoms with E-state index in [1.54, 1.807) is 6.07 Å². The van der Waals surface area contributed by atoms with Gasteiger partial charge in [0.15, 0.2) is 0 Å². The van der Waals surface area contributed by atoms with Gasteiger partial charge < -0.3 is 4.74 Å². The van der Waals surface area contributed by atoms with Crippen LogP contribution in [0.25, 0.3) is 0 Å². The molecule has 1 aromatic heterocycles. The van der Waals surface area contributed by atoms with Gasteiger partial charge in [0, 0.05) is 9.99 Å². The maximum Gasteiger partial charge on any atom is 0.258 e. The van der Waals surface area contributed by atoms with E-state index in [-0.39, 0.29) is 5.91 Å². The number of para-hydroxylation sites is 1. The molecule has 0 aliphatic rings. The average molecular weight is 465 g/mol. The van der Waals surface area contributed by atoms with E-state index < -0.39 is 0 Å². The lowest BCUT2D eigenvalue weighted by Gasteiger charge is -2.04. The second-order valence-electron chi connectivity index (χ2n) is 5.20. The molecule has 0 saturated heterocycles. The van der Waals surface area contributed by atoms with Gasteiger partial charge in [-0.2, -0.15) is 0 Å². The molecule has 0 spiro atoms. The van der Waals surface area contributed by atoms with Crippen LogP contribution in [-0.2, 0) is 6.42 Å². The number of anilines is 1. The Hall–Kier alpha value is -2.00. The second-order valence-corrected chi connectivity index (χ2v) is 7.42. The first-order valence-corrected chi connectivity index (χ1v) is 9.68. The van der Waals surface area contributed by atoms with E-state index in [0.29, 0.717) is 17.3 Å². The molecule has 0 fully saturated rings. The molecule has 0 aliphatic carbocycles. The van der Waals surface area contributed by atoms with Crippen molar-refractivity contribution in [3.05, 3.63) is 68.7 Å². The zero-order valence-electron chi connectivity index (χ0n) is 13.3. The smallest absolute Gasteiger partial charge is 0.258 e. The SMILES string of the molecule is O=C(Nc1nnc(CCCOc2ccccc2)s1)c1ccccc1I. The number of aromatic nitrogens is 2. The topological polar surface area (TPSA) is 64.1 Å². The average Bonchev–Trinajstić information content (AvgIpc) is 3.07. The molecule has 5 nitrogen and oxygen atoms in total. The van der Waals surface area contributed by atoms with E-state index in [9.17, 15) is 4.79 Å². The molecule has 128 valence electrons. The molecule has 0 aliphatic heterocycles. The fraction of sp³-hybridized carbons (Fsp3) is 0.167. The highest BCUT2D eigenvalue weighted by molar-refractivity contribution is 14.1. The molecule has 0 bridgehead atoms. The highest BCUT2D eigenvalue weighted by Crippen LogP contribution is 2.19. The van der Waals surface area contributed by atoms with Gasteiger partial charge in [0.25, 0.3) is 5.91 Å². The number of nitrogens with zero attached hydrogens (tertiary/aromatic N) is 2. The summed E-state index contributed by atoms with van der Waals surface area (Å²) < 4.78 is 6.56. The molecule has 3 aromatic rings. The number of aryl methyl sites for hydroxylation is 1. The van der Waals surface area contributed by atoms with Gasteiger partial charge in [-0.15, -0.1) is 10.2 Å². The Labute approximate surface area is 163 Å². The van der Waals surface area contributed by atoms with Crippen molar-refractivity contribution in [1.29, 1.82) is 0 Å². The minimum Gasteiger partial charge on any atom is -0.494 e. The third-order valence-corrected chi connectivity index (χ3v) is 5.19. The second kappa shape index (κ2) is 8.91. The predicted molar refractivity (Wildman–Crippen MR) is 107 cm³/mol. The van der Waals surface area contributed by atoms with E-state index in [1.165, 1.54) is 11.3 Å². The number of amides is 1. The van der Waals surface area contributed by atoms with Crippen molar-refractivity contribution in [3.8, 4) is 5.75 Å². The van der Waals surface area contributed by atoms with E-state index in [1.807, 2.05) is 48.5 Å². The lowest BCUT2D eigenvalue weighted by Crippen LogP contribution is -2.13. The van der Waals surface area contributed by atoms with Crippen LogP contribution in [-0.4, -0.2) is 22.7 Å². The van der Waals surface area contributed by atoms with Gasteiger partial charge in [-0.3, -0.25) is 10.1 Å². The number of benzene rings is 2. The van der Waals surface area contributed by atoms with Crippen molar-refractivity contribution in [2.75, 3.05) is 11.9 Å². The minimum absolute atomic E-state index is 0.167. The Morgan fingerprint density at radius 2 is 1.84 bits per heavy atom. The summed E-state index contributed by atoms with van der Waals surface area (Å²) in [6.45, 7) is 0.619. The van der Waals surface area contributed by atoms with Crippen LogP contribution in [0.2, 0.25) is 0 Å². The van der Waals surface area contributed by atoms with Crippen molar-refractivity contribution in [1.82, 2.24) is 10.2 Å². The first-order valence-electron chi connectivity index (χ1n) is 7.78. The van der Waals surface area contributed by atoms with Gasteiger partial charge in [-0.05, 0) is 53.3 Å². The molecule has 25 heavy (non-hydrogen) atoms. The normalized spacial score (nSPS) is 10.4. The molecule has 3 rings (SSSR count). The molecule has 2 aromatic carbocycles. The Morgan fingerprint density at radius 3 is 2.64 bits per heavy atom. The Morgan fingerprint density at radius 1 is 1.08 bits per heavy atom. The van der Waals surface area contributed by atoms with Gasteiger partial charge >= 0.3 is 0 Å². The molecular weight excluding hydrogens is 449 g/mol. The van der Waals surface area contributed by atoms with Crippen LogP contribution in [0.3, 0.4) is 0 Å². The zero-order chi connectivity index (χ0) is 17.5. The van der Waals surface area contributed by atoms with Gasteiger partial charge in [0.2, 0.25) is 5.13 Å². The summed E-state index contributed by atoms with van der Waals surface area (Å²) in [5, 5.41) is 12.4. The number of halogens is 1. The van der Waals surface area contributed by atoms with Crippen molar-refractivity contribution in [2.45, 2.75) is 12.8 Å². The van der Waals surface area contributed by atoms with Crippen LogP contribution in [0.4, 0.5) is 5.13 Å². The number of carbonyl (C=O) groups is 1. The van der Waals surface area contributed by atoms with Crippen molar-refractivity contribution < 1.29 is 9.53 Å². The largest absolute Gasteiger partial charge is 0.494 e. The molecule has 1 heterocycles. The molecule has 0 saturated carbocycles. The van der Waals surface area contributed by atoms with Crippen LogP contribution < -0.4 is 10.1 Å². The molecular formula is C18H16IN3O2S. The highest BCUT2D eigenvalue weighted by Gasteiger charge is 2.12. The number of nitrogens with one attached hydrogen (secondary N) is 1. The number of carbonyl (C=O) groups excluding carboxylic acids is 1. The molecule has 7 heteroatoms. The lowest BCUT2D eigenvalue weighted by atomic mass is 10.2. The molecule has 0 radical (unpaired) electrons. The molecule has 0 unspecified atom stereocenters. The van der Waals surface area contributed by atoms with Crippen LogP contribution in [0.15, 0.2) is 54.6 Å². The predicted octanol–water partition coefficient (Wildman–Crippen LogP) is 4.41. The van der Waals surface area contributed by atoms with Crippen molar-refractivity contribution >= 4 is 45.0 Å². The maximum absolute atomic E-state index is 12.3. The van der Waals surface area contributed by atoms with Crippen molar-refractivity contribution in [3.63, 3.8) is 0 Å². The van der Waals surface area contributed by atoms with E-state index >= 15 is 0 Å². The number of rotatable bonds is 7. The fourth-order valence-corrected chi connectivity index (χ4v) is 3.55. The Balaban J connectivity index is 1.47. The fourth-order valence-electron chi connectivity index (χ4n) is 2.15. The van der Waals surface area contributed by atoms with Gasteiger partial charge in [0.05, 0.1) is 12.2 Å². The van der Waals surface area contributed by atoms with Crippen LogP contribution in [0, 0.1) is 3.57 Å². The summed E-state index contributed by atoms with van der Waals surface area (Å²) in [5.41, 5.74) is 0.635. The summed E-state index contributed by atoms with van der Waals surface area (Å²) in [7, 11) is 0. The standard InChI is InChI=1S/C18H16IN3O2S/c19-15-10-5-4-9-14(15)17(23)20-18-22-21-16(25-18)11-6-12-24-13-7-2-1-3-8-13/h1-5,7-10H,6,11-12H2,(H,20,22,23). The number of ether oxygens (including phenoxy) is 1. The first kappa shape index (κ1) is 17.8. The van der Waals surface area contributed by atoms with Crippen LogP contribution >= 0.6 is 33.9 Å². The monoisotopic (exact) mass is 465 g/mol. The first-order chi connectivity index (χ1) is 12.2. The maximum atomic E-state index is 12.3. The Kier molecular flexibility index (Phi) is 6.35. The molecule has 1 amide bonds. The van der Waals surface area contributed by atoms with Gasteiger partial charge in [-0.1, -0.05) is 41.7 Å². The minimum atomic E-state index is -0.167. The number of hydrogen-bond acceptors (Lipinski definition) is 5. The summed E-state index contributed by atoms with van der Waals surface area (Å²) in [6, 6.07) is 17.2. The Bertz CT molecular complexity index is 839. The van der Waals surface area contributed by atoms with Gasteiger partial charge in [-0.25, -0.2) is 0 Å². The zero-order valence-corrected chi connectivity index (χ0v) is 16.3. The van der Waals surface area contributed by atoms with E-state index in [0.717, 1.165) is 27.2 Å². The third-order valence-electron chi connectivity index (χ3n) is 3.35. The van der Waals surface area contributed by atoms with E-state index in [4.69, 9.17) is 4.74 Å². The highest BCUT2D eigenvalue weighted by atomic mass is 127. The molecule has 1 N–H and O–H groups in total. The van der Waals surface area contributed by atoms with Crippen molar-refractivity contribution in [2.24, 2.45) is 0 Å². The van der Waals surface area contributed by atoms with E-state index in [2.05, 4.69) is 38.1 Å². The lowest BCUT2D eigenvalue weighted by molar-refractivity contribution is 0.102.